The molecule has 0 aromatic rings. The second-order valence-electron chi connectivity index (χ2n) is 4.90. The summed E-state index contributed by atoms with van der Waals surface area (Å²) in [6, 6.07) is 0. The topological polar surface area (TPSA) is 0 Å². The highest BCUT2D eigenvalue weighted by Crippen LogP contribution is 2.33. The monoisotopic (exact) mass is 143 g/mol. The Hall–Kier alpha value is 0.217. The molecule has 9 heavy (non-hydrogen) atoms. The van der Waals surface area contributed by atoms with Crippen molar-refractivity contribution >= 4 is 9.52 Å². The maximum Gasteiger partial charge on any atom is 0.0323 e. The molecule has 0 aliphatic heterocycles. The van der Waals surface area contributed by atoms with Crippen molar-refractivity contribution in [2.45, 2.75) is 44.7 Å². The molecule has 0 N–H and O–H groups in total. The molecule has 0 aromatic heterocycles. The Balaban J connectivity index is 3.75. The van der Waals surface area contributed by atoms with Crippen molar-refractivity contribution in [2.75, 3.05) is 0 Å². The quantitative estimate of drug-likeness (QED) is 0.495. The average molecular weight is 143 g/mol. The third-order valence-corrected chi connectivity index (χ3v) is 3.03. The predicted molar refractivity (Wildman–Crippen MR) is 47.7 cm³/mol. The summed E-state index contributed by atoms with van der Waals surface area (Å²) >= 11 is 0. The molecule has 0 unspecified atom stereocenters. The van der Waals surface area contributed by atoms with E-state index >= 15 is 0 Å². The molecule has 0 amide bonds. The van der Waals surface area contributed by atoms with Gasteiger partial charge in [0.15, 0.2) is 0 Å². The normalized spacial score (nSPS) is 14.0. The fourth-order valence-corrected chi connectivity index (χ4v) is 4.31. The second kappa shape index (κ2) is 2.45. The first kappa shape index (κ1) is 9.22. The molecule has 0 bridgehead atoms. The number of hydrogen-bond acceptors (Lipinski definition) is 0. The van der Waals surface area contributed by atoms with E-state index in [1.165, 1.54) is 0 Å². The van der Waals surface area contributed by atoms with Crippen LogP contribution in [0.3, 0.4) is 0 Å². The largest absolute Gasteiger partial charge is 0.0631 e. The molecule has 0 aliphatic carbocycles. The lowest BCUT2D eigenvalue weighted by Gasteiger charge is -2.27. The molecular weight excluding hydrogens is 124 g/mol. The van der Waals surface area contributed by atoms with Crippen LogP contribution in [0.1, 0.15) is 34.6 Å². The van der Waals surface area contributed by atoms with E-state index in [4.69, 9.17) is 0 Å². The minimum atomic E-state index is -0.0231. The fourth-order valence-electron chi connectivity index (χ4n) is 1.44. The van der Waals surface area contributed by atoms with E-state index in [0.29, 0.717) is 10.1 Å². The Morgan fingerprint density at radius 2 is 1.33 bits per heavy atom. The first-order valence-electron chi connectivity index (χ1n) is 3.56. The van der Waals surface area contributed by atoms with Crippen molar-refractivity contribution < 1.29 is 0 Å². The van der Waals surface area contributed by atoms with Crippen molar-refractivity contribution in [3.8, 4) is 0 Å². The summed E-state index contributed by atoms with van der Waals surface area (Å²) in [6.07, 6.45) is 0. The summed E-state index contributed by atoms with van der Waals surface area (Å²) in [6.45, 7) is 15.5. The molecule has 0 heterocycles. The Kier molecular flexibility index (Phi) is 2.51. The molecule has 55 valence electrons. The molecular formula is C8H19Si. The average Bonchev–Trinajstić information content (AvgIpc) is 1.14. The van der Waals surface area contributed by atoms with E-state index in [9.17, 15) is 0 Å². The van der Waals surface area contributed by atoms with Crippen LogP contribution in [0.2, 0.25) is 10.1 Å². The molecule has 0 saturated heterocycles. The van der Waals surface area contributed by atoms with Gasteiger partial charge in [-0.05, 0) is 10.1 Å². The Morgan fingerprint density at radius 1 is 1.00 bits per heavy atom. The summed E-state index contributed by atoms with van der Waals surface area (Å²) in [5.74, 6) is 0. The predicted octanol–water partition coefficient (Wildman–Crippen LogP) is 2.41. The third kappa shape index (κ3) is 8.22. The SMILES string of the molecule is [CH2]C(C)(C)[SiH2]C(C)(C)C. The first-order valence-corrected chi connectivity index (χ1v) is 4.97. The Labute approximate surface area is 61.9 Å². The highest BCUT2D eigenvalue weighted by Gasteiger charge is 2.21. The van der Waals surface area contributed by atoms with E-state index < -0.39 is 0 Å². The van der Waals surface area contributed by atoms with E-state index in [1.807, 2.05) is 0 Å². The minimum Gasteiger partial charge on any atom is -0.0631 e. The summed E-state index contributed by atoms with van der Waals surface area (Å²) in [5, 5.41) is 0.934. The van der Waals surface area contributed by atoms with Gasteiger partial charge in [-0.2, -0.15) is 0 Å². The van der Waals surface area contributed by atoms with Crippen LogP contribution < -0.4 is 0 Å². The smallest absolute Gasteiger partial charge is 0.0323 e. The molecule has 0 saturated carbocycles. The molecule has 0 atom stereocenters. The van der Waals surface area contributed by atoms with Crippen LogP contribution >= 0.6 is 0 Å². The van der Waals surface area contributed by atoms with Crippen LogP contribution in [0.15, 0.2) is 0 Å². The molecule has 1 radical (unpaired) electrons. The first-order chi connectivity index (χ1) is 3.71. The van der Waals surface area contributed by atoms with Gasteiger partial charge < -0.3 is 0 Å². The van der Waals surface area contributed by atoms with Gasteiger partial charge in [0.25, 0.3) is 0 Å². The lowest BCUT2D eigenvalue weighted by molar-refractivity contribution is 0.701. The molecule has 0 fully saturated rings. The van der Waals surface area contributed by atoms with Gasteiger partial charge in [-0.15, -0.1) is 0 Å². The fraction of sp³-hybridized carbons (Fsp3) is 0.875. The van der Waals surface area contributed by atoms with Crippen LogP contribution in [0.25, 0.3) is 0 Å². The van der Waals surface area contributed by atoms with Crippen LogP contribution in [0, 0.1) is 6.92 Å². The lowest BCUT2D eigenvalue weighted by atomic mass is 10.2. The Morgan fingerprint density at radius 3 is 1.33 bits per heavy atom. The molecule has 1 heteroatoms. The molecule has 0 spiro atoms. The summed E-state index contributed by atoms with van der Waals surface area (Å²) in [5.41, 5.74) is 0. The van der Waals surface area contributed by atoms with Crippen LogP contribution in [-0.4, -0.2) is 9.52 Å². The van der Waals surface area contributed by atoms with Gasteiger partial charge in [0.05, 0.1) is 0 Å². The molecule has 0 rings (SSSR count). The number of hydrogen-bond donors (Lipinski definition) is 0. The van der Waals surface area contributed by atoms with Gasteiger partial charge in [0.2, 0.25) is 0 Å². The molecule has 0 nitrogen and oxygen atoms in total. The van der Waals surface area contributed by atoms with E-state index in [2.05, 4.69) is 41.5 Å². The minimum absolute atomic E-state index is 0.0231. The van der Waals surface area contributed by atoms with Crippen LogP contribution in [-0.2, 0) is 0 Å². The van der Waals surface area contributed by atoms with Crippen molar-refractivity contribution in [2.24, 2.45) is 0 Å². The van der Waals surface area contributed by atoms with Gasteiger partial charge >= 0.3 is 0 Å². The van der Waals surface area contributed by atoms with Crippen LogP contribution in [0.4, 0.5) is 0 Å². The van der Waals surface area contributed by atoms with Gasteiger partial charge in [-0.3, -0.25) is 0 Å². The van der Waals surface area contributed by atoms with Gasteiger partial charge in [0.1, 0.15) is 0 Å². The Bertz CT molecular complexity index is 69.7. The van der Waals surface area contributed by atoms with E-state index in [-0.39, 0.29) is 9.52 Å². The lowest BCUT2D eigenvalue weighted by Crippen LogP contribution is -2.18. The maximum atomic E-state index is 4.12. The third-order valence-electron chi connectivity index (χ3n) is 1.01. The van der Waals surface area contributed by atoms with Gasteiger partial charge in [-0.25, -0.2) is 0 Å². The maximum absolute atomic E-state index is 4.12. The standard InChI is InChI=1S/C8H19Si/c1-7(2,3)9-8(4,5)6/h1,9H2,2-6H3. The zero-order valence-corrected chi connectivity index (χ0v) is 8.83. The van der Waals surface area contributed by atoms with Gasteiger partial charge in [0, 0.05) is 9.52 Å². The molecule has 0 aliphatic rings. The zero-order valence-electron chi connectivity index (χ0n) is 7.41. The van der Waals surface area contributed by atoms with E-state index in [0.717, 1.165) is 0 Å². The zero-order chi connectivity index (χ0) is 7.71. The van der Waals surface area contributed by atoms with Gasteiger partial charge in [-0.1, -0.05) is 41.5 Å². The second-order valence-corrected chi connectivity index (χ2v) is 9.29. The highest BCUT2D eigenvalue weighted by atomic mass is 28.2. The summed E-state index contributed by atoms with van der Waals surface area (Å²) in [7, 11) is -0.0231. The van der Waals surface area contributed by atoms with Crippen molar-refractivity contribution in [3.63, 3.8) is 0 Å². The van der Waals surface area contributed by atoms with Crippen molar-refractivity contribution in [3.05, 3.63) is 6.92 Å². The summed E-state index contributed by atoms with van der Waals surface area (Å²) in [4.78, 5) is 0. The van der Waals surface area contributed by atoms with Crippen LogP contribution in [0.5, 0.6) is 0 Å². The number of rotatable bonds is 1. The van der Waals surface area contributed by atoms with E-state index in [1.54, 1.807) is 0 Å². The van der Waals surface area contributed by atoms with Crippen molar-refractivity contribution in [1.29, 1.82) is 0 Å². The summed E-state index contributed by atoms with van der Waals surface area (Å²) < 4.78 is 0. The van der Waals surface area contributed by atoms with Crippen molar-refractivity contribution in [1.82, 2.24) is 0 Å². The highest BCUT2D eigenvalue weighted by molar-refractivity contribution is 6.43. The molecule has 0 aromatic carbocycles.